The van der Waals surface area contributed by atoms with Gasteiger partial charge in [0.15, 0.2) is 0 Å². The van der Waals surface area contributed by atoms with Gasteiger partial charge >= 0.3 is 0 Å². The number of aryl methyl sites for hydroxylation is 1. The van der Waals surface area contributed by atoms with Gasteiger partial charge in [0.1, 0.15) is 0 Å². The number of nitrogens with zero attached hydrogens (tertiary/aromatic N) is 1. The van der Waals surface area contributed by atoms with Crippen molar-refractivity contribution in [1.29, 1.82) is 0 Å². The van der Waals surface area contributed by atoms with Gasteiger partial charge in [-0.2, -0.15) is 0 Å². The summed E-state index contributed by atoms with van der Waals surface area (Å²) in [4.78, 5) is 13.6. The fourth-order valence-corrected chi connectivity index (χ4v) is 2.73. The molecule has 1 rings (SSSR count). The lowest BCUT2D eigenvalue weighted by atomic mass is 10.2. The Hall–Kier alpha value is -1.36. The monoisotopic (exact) mass is 268 g/mol. The van der Waals surface area contributed by atoms with E-state index in [0.29, 0.717) is 29.2 Å². The molecule has 2 N–H and O–H groups in total. The number of hydrogen-bond donors (Lipinski definition) is 1. The van der Waals surface area contributed by atoms with Crippen LogP contribution in [0.2, 0.25) is 0 Å². The minimum atomic E-state index is -1.13. The summed E-state index contributed by atoms with van der Waals surface area (Å²) >= 11 is 0. The Bertz CT molecular complexity index is 458. The summed E-state index contributed by atoms with van der Waals surface area (Å²) in [5.74, 6) is 0.524. The van der Waals surface area contributed by atoms with Crippen molar-refractivity contribution in [2.45, 2.75) is 24.7 Å². The fourth-order valence-electron chi connectivity index (χ4n) is 1.56. The molecule has 0 spiro atoms. The van der Waals surface area contributed by atoms with Gasteiger partial charge in [-0.3, -0.25) is 9.00 Å². The summed E-state index contributed by atoms with van der Waals surface area (Å²) in [6, 6.07) is 5.52. The Morgan fingerprint density at radius 3 is 2.61 bits per heavy atom. The molecule has 0 aliphatic heterocycles. The second kappa shape index (κ2) is 6.54. The van der Waals surface area contributed by atoms with Crippen molar-refractivity contribution >= 4 is 22.4 Å². The molecule has 0 fully saturated rings. The number of anilines is 1. The zero-order chi connectivity index (χ0) is 13.7. The summed E-state index contributed by atoms with van der Waals surface area (Å²) in [5, 5.41) is 0. The maximum absolute atomic E-state index is 12.0. The maximum atomic E-state index is 12.0. The number of amides is 1. The first-order chi connectivity index (χ1) is 8.41. The quantitative estimate of drug-likeness (QED) is 0.824. The van der Waals surface area contributed by atoms with Crippen LogP contribution in [-0.2, 0) is 15.6 Å². The fraction of sp³-hybridized carbons (Fsp3) is 0.462. The van der Waals surface area contributed by atoms with Gasteiger partial charge < -0.3 is 10.6 Å². The van der Waals surface area contributed by atoms with Gasteiger partial charge in [0.25, 0.3) is 0 Å². The van der Waals surface area contributed by atoms with Gasteiger partial charge in [0, 0.05) is 32.0 Å². The van der Waals surface area contributed by atoms with Gasteiger partial charge in [-0.1, -0.05) is 6.07 Å². The van der Waals surface area contributed by atoms with Crippen LogP contribution in [0.4, 0.5) is 5.69 Å². The standard InChI is InChI=1S/C13H20N2O2S/c1-10-6-7-12(11(14)9-10)18(17)8-4-5-13(16)15(2)3/h6-7,9H,4-5,8,14H2,1-3H3. The van der Waals surface area contributed by atoms with E-state index in [1.807, 2.05) is 19.1 Å². The maximum Gasteiger partial charge on any atom is 0.222 e. The minimum Gasteiger partial charge on any atom is -0.398 e. The second-order valence-electron chi connectivity index (χ2n) is 4.48. The molecule has 1 aromatic rings. The summed E-state index contributed by atoms with van der Waals surface area (Å²) in [6.07, 6.45) is 1.03. The van der Waals surface area contributed by atoms with Crippen molar-refractivity contribution in [3.8, 4) is 0 Å². The van der Waals surface area contributed by atoms with Crippen LogP contribution >= 0.6 is 0 Å². The molecule has 1 atom stereocenters. The van der Waals surface area contributed by atoms with Crippen LogP contribution in [0, 0.1) is 6.92 Å². The number of rotatable bonds is 5. The molecule has 1 unspecified atom stereocenters. The number of hydrogen-bond acceptors (Lipinski definition) is 3. The molecule has 4 nitrogen and oxygen atoms in total. The average Bonchev–Trinajstić information content (AvgIpc) is 2.28. The predicted octanol–water partition coefficient (Wildman–Crippen LogP) is 1.55. The van der Waals surface area contributed by atoms with E-state index in [2.05, 4.69) is 0 Å². The van der Waals surface area contributed by atoms with Crippen molar-refractivity contribution in [2.24, 2.45) is 0 Å². The first-order valence-electron chi connectivity index (χ1n) is 5.86. The molecule has 0 radical (unpaired) electrons. The van der Waals surface area contributed by atoms with E-state index in [4.69, 9.17) is 5.73 Å². The van der Waals surface area contributed by atoms with Gasteiger partial charge in [0.2, 0.25) is 5.91 Å². The highest BCUT2D eigenvalue weighted by molar-refractivity contribution is 7.85. The van der Waals surface area contributed by atoms with Gasteiger partial charge in [-0.15, -0.1) is 0 Å². The number of carbonyl (C=O) groups excluding carboxylic acids is 1. The van der Waals surface area contributed by atoms with Crippen LogP contribution in [0.25, 0.3) is 0 Å². The van der Waals surface area contributed by atoms with Crippen molar-refractivity contribution < 1.29 is 9.00 Å². The molecule has 18 heavy (non-hydrogen) atoms. The number of carbonyl (C=O) groups is 1. The molecule has 1 amide bonds. The van der Waals surface area contributed by atoms with Crippen LogP contribution in [0.1, 0.15) is 18.4 Å². The zero-order valence-electron chi connectivity index (χ0n) is 11.1. The topological polar surface area (TPSA) is 63.4 Å². The molecule has 0 bridgehead atoms. The largest absolute Gasteiger partial charge is 0.398 e. The van der Waals surface area contributed by atoms with Crippen molar-refractivity contribution in [3.05, 3.63) is 23.8 Å². The van der Waals surface area contributed by atoms with E-state index in [1.165, 1.54) is 0 Å². The predicted molar refractivity (Wildman–Crippen MR) is 74.8 cm³/mol. The zero-order valence-corrected chi connectivity index (χ0v) is 11.9. The van der Waals surface area contributed by atoms with Gasteiger partial charge in [0.05, 0.1) is 15.7 Å². The molecule has 0 aliphatic rings. The first kappa shape index (κ1) is 14.7. The second-order valence-corrected chi connectivity index (χ2v) is 6.02. The molecular formula is C13H20N2O2S. The SMILES string of the molecule is Cc1ccc(S(=O)CCCC(=O)N(C)C)c(N)c1. The van der Waals surface area contributed by atoms with E-state index in [0.717, 1.165) is 5.56 Å². The summed E-state index contributed by atoms with van der Waals surface area (Å²) in [5.41, 5.74) is 7.45. The van der Waals surface area contributed by atoms with E-state index < -0.39 is 10.8 Å². The smallest absolute Gasteiger partial charge is 0.222 e. The molecule has 0 aliphatic carbocycles. The lowest BCUT2D eigenvalue weighted by Gasteiger charge is -2.10. The summed E-state index contributed by atoms with van der Waals surface area (Å²) in [6.45, 7) is 1.94. The van der Waals surface area contributed by atoms with Gasteiger partial charge in [-0.25, -0.2) is 0 Å². The van der Waals surface area contributed by atoms with Crippen LogP contribution in [0.15, 0.2) is 23.1 Å². The van der Waals surface area contributed by atoms with E-state index in [9.17, 15) is 9.00 Å². The molecule has 0 heterocycles. The molecule has 1 aromatic carbocycles. The van der Waals surface area contributed by atoms with E-state index in [1.54, 1.807) is 25.1 Å². The third kappa shape index (κ3) is 4.14. The van der Waals surface area contributed by atoms with Crippen LogP contribution in [0.5, 0.6) is 0 Å². The van der Waals surface area contributed by atoms with Gasteiger partial charge in [-0.05, 0) is 31.0 Å². The highest BCUT2D eigenvalue weighted by Gasteiger charge is 2.10. The molecular weight excluding hydrogens is 248 g/mol. The van der Waals surface area contributed by atoms with E-state index in [-0.39, 0.29) is 5.91 Å². The number of benzene rings is 1. The third-order valence-electron chi connectivity index (χ3n) is 2.63. The molecule has 5 heteroatoms. The molecule has 0 saturated carbocycles. The molecule has 0 saturated heterocycles. The van der Waals surface area contributed by atoms with Crippen LogP contribution < -0.4 is 5.73 Å². The van der Waals surface area contributed by atoms with E-state index >= 15 is 0 Å². The molecule has 0 aromatic heterocycles. The third-order valence-corrected chi connectivity index (χ3v) is 4.15. The molecule has 100 valence electrons. The lowest BCUT2D eigenvalue weighted by Crippen LogP contribution is -2.21. The summed E-state index contributed by atoms with van der Waals surface area (Å²) in [7, 11) is 2.31. The Balaban J connectivity index is 2.53. The van der Waals surface area contributed by atoms with Crippen molar-refractivity contribution in [3.63, 3.8) is 0 Å². The van der Waals surface area contributed by atoms with Crippen LogP contribution in [0.3, 0.4) is 0 Å². The Kier molecular flexibility index (Phi) is 5.34. The van der Waals surface area contributed by atoms with Crippen molar-refractivity contribution in [1.82, 2.24) is 4.90 Å². The Morgan fingerprint density at radius 2 is 2.06 bits per heavy atom. The highest BCUT2D eigenvalue weighted by Crippen LogP contribution is 2.18. The minimum absolute atomic E-state index is 0.0591. The number of nitrogens with two attached hydrogens (primary N) is 1. The average molecular weight is 268 g/mol. The lowest BCUT2D eigenvalue weighted by molar-refractivity contribution is -0.128. The van der Waals surface area contributed by atoms with Crippen molar-refractivity contribution in [2.75, 3.05) is 25.6 Å². The first-order valence-corrected chi connectivity index (χ1v) is 7.18. The number of nitrogen functional groups attached to an aromatic ring is 1. The Labute approximate surface area is 111 Å². The normalized spacial score (nSPS) is 12.2. The Morgan fingerprint density at radius 1 is 1.39 bits per heavy atom. The highest BCUT2D eigenvalue weighted by atomic mass is 32.2. The summed E-state index contributed by atoms with van der Waals surface area (Å²) < 4.78 is 12.0. The van der Waals surface area contributed by atoms with Crippen LogP contribution in [-0.4, -0.2) is 34.9 Å².